The Morgan fingerprint density at radius 1 is 1.24 bits per heavy atom. The Hall–Kier alpha value is -1.29. The lowest BCUT2D eigenvalue weighted by atomic mass is 10.1. The molecule has 1 unspecified atom stereocenters. The minimum Gasteiger partial charge on any atom is -0.399 e. The summed E-state index contributed by atoms with van der Waals surface area (Å²) in [5.41, 5.74) is 6.71. The van der Waals surface area contributed by atoms with Crippen molar-refractivity contribution < 1.29 is 4.39 Å². The van der Waals surface area contributed by atoms with Crippen LogP contribution >= 0.6 is 0 Å². The van der Waals surface area contributed by atoms with E-state index in [0.29, 0.717) is 23.5 Å². The Labute approximate surface area is 102 Å². The van der Waals surface area contributed by atoms with Crippen LogP contribution in [0.25, 0.3) is 0 Å². The third-order valence-corrected chi connectivity index (χ3v) is 3.58. The fourth-order valence-electron chi connectivity index (χ4n) is 2.39. The number of nitrogen functional groups attached to an aromatic ring is 1. The molecular formula is C13H20FN3. The molecule has 3 nitrogen and oxygen atoms in total. The molecule has 17 heavy (non-hydrogen) atoms. The van der Waals surface area contributed by atoms with E-state index < -0.39 is 0 Å². The fourth-order valence-corrected chi connectivity index (χ4v) is 2.39. The second-order valence-corrected chi connectivity index (χ2v) is 5.00. The number of nitrogens with zero attached hydrogens (tertiary/aromatic N) is 2. The number of halogens is 1. The summed E-state index contributed by atoms with van der Waals surface area (Å²) < 4.78 is 13.9. The number of hydrogen-bond acceptors (Lipinski definition) is 3. The van der Waals surface area contributed by atoms with Crippen molar-refractivity contribution in [3.8, 4) is 0 Å². The molecule has 1 aliphatic heterocycles. The van der Waals surface area contributed by atoms with Gasteiger partial charge in [-0.1, -0.05) is 0 Å². The molecule has 1 aromatic rings. The zero-order valence-electron chi connectivity index (χ0n) is 10.7. The van der Waals surface area contributed by atoms with Crippen molar-refractivity contribution in [2.24, 2.45) is 0 Å². The maximum Gasteiger partial charge on any atom is 0.148 e. The summed E-state index contributed by atoms with van der Waals surface area (Å²) in [5, 5.41) is 0. The third-order valence-electron chi connectivity index (χ3n) is 3.58. The topological polar surface area (TPSA) is 32.5 Å². The molecule has 2 rings (SSSR count). The highest BCUT2D eigenvalue weighted by Crippen LogP contribution is 2.26. The number of likely N-dealkylation sites (N-methyl/N-ethyl adjacent to an activating group) is 1. The summed E-state index contributed by atoms with van der Waals surface area (Å²) in [4.78, 5) is 4.43. The van der Waals surface area contributed by atoms with Crippen molar-refractivity contribution in [1.29, 1.82) is 0 Å². The van der Waals surface area contributed by atoms with Crippen LogP contribution < -0.4 is 10.6 Å². The van der Waals surface area contributed by atoms with Gasteiger partial charge >= 0.3 is 0 Å². The van der Waals surface area contributed by atoms with E-state index >= 15 is 0 Å². The normalized spacial score (nSPS) is 26.2. The SMILES string of the molecule is CC1CN(c2ccc(N)cc2F)[C@@H](C)CN1C. The first-order valence-corrected chi connectivity index (χ1v) is 6.01. The molecule has 0 amide bonds. The van der Waals surface area contributed by atoms with E-state index in [1.54, 1.807) is 12.1 Å². The predicted octanol–water partition coefficient (Wildman–Crippen LogP) is 1.94. The predicted molar refractivity (Wildman–Crippen MR) is 69.7 cm³/mol. The standard InChI is InChI=1S/C13H20FN3/c1-9-8-17(10(2)7-16(9)3)13-5-4-11(15)6-12(13)14/h4-6,9-10H,7-8,15H2,1-3H3/t9?,10-/m0/s1. The van der Waals surface area contributed by atoms with Gasteiger partial charge in [0.2, 0.25) is 0 Å². The molecule has 0 radical (unpaired) electrons. The third kappa shape index (κ3) is 2.36. The van der Waals surface area contributed by atoms with E-state index in [9.17, 15) is 4.39 Å². The monoisotopic (exact) mass is 237 g/mol. The van der Waals surface area contributed by atoms with Crippen LogP contribution in [0, 0.1) is 5.82 Å². The van der Waals surface area contributed by atoms with Crippen LogP contribution in [0.2, 0.25) is 0 Å². The maximum atomic E-state index is 13.9. The molecule has 1 saturated heterocycles. The highest BCUT2D eigenvalue weighted by atomic mass is 19.1. The van der Waals surface area contributed by atoms with Gasteiger partial charge in [0.15, 0.2) is 0 Å². The molecule has 0 bridgehead atoms. The van der Waals surface area contributed by atoms with Crippen LogP contribution in [0.5, 0.6) is 0 Å². The molecule has 1 aromatic carbocycles. The zero-order chi connectivity index (χ0) is 12.6. The molecule has 4 heteroatoms. The van der Waals surface area contributed by atoms with Gasteiger partial charge in [-0.25, -0.2) is 4.39 Å². The molecule has 0 aliphatic carbocycles. The number of piperazine rings is 1. The zero-order valence-corrected chi connectivity index (χ0v) is 10.7. The molecule has 2 atom stereocenters. The van der Waals surface area contributed by atoms with E-state index in [1.165, 1.54) is 6.07 Å². The lowest BCUT2D eigenvalue weighted by Gasteiger charge is -2.43. The summed E-state index contributed by atoms with van der Waals surface area (Å²) in [6.45, 7) is 6.08. The number of hydrogen-bond donors (Lipinski definition) is 1. The maximum absolute atomic E-state index is 13.9. The van der Waals surface area contributed by atoms with Crippen molar-refractivity contribution in [1.82, 2.24) is 4.90 Å². The van der Waals surface area contributed by atoms with Crippen molar-refractivity contribution in [2.45, 2.75) is 25.9 Å². The minimum atomic E-state index is -0.228. The smallest absolute Gasteiger partial charge is 0.148 e. The summed E-state index contributed by atoms with van der Waals surface area (Å²) in [7, 11) is 2.11. The average Bonchev–Trinajstić information content (AvgIpc) is 2.24. The van der Waals surface area contributed by atoms with E-state index in [2.05, 4.69) is 30.7 Å². The van der Waals surface area contributed by atoms with Crippen molar-refractivity contribution >= 4 is 11.4 Å². The first kappa shape index (κ1) is 12.2. The second kappa shape index (κ2) is 4.53. The molecule has 0 aromatic heterocycles. The van der Waals surface area contributed by atoms with Gasteiger partial charge < -0.3 is 10.6 Å². The average molecular weight is 237 g/mol. The Bertz CT molecular complexity index is 408. The van der Waals surface area contributed by atoms with Crippen LogP contribution in [-0.2, 0) is 0 Å². The summed E-state index contributed by atoms with van der Waals surface area (Å²) >= 11 is 0. The fraction of sp³-hybridized carbons (Fsp3) is 0.538. The highest BCUT2D eigenvalue weighted by molar-refractivity contribution is 5.55. The molecule has 1 heterocycles. The quantitative estimate of drug-likeness (QED) is 0.758. The van der Waals surface area contributed by atoms with Gasteiger partial charge in [-0.3, -0.25) is 4.90 Å². The van der Waals surface area contributed by atoms with Gasteiger partial charge in [-0.15, -0.1) is 0 Å². The molecule has 1 fully saturated rings. The Balaban J connectivity index is 2.27. The van der Waals surface area contributed by atoms with E-state index in [1.807, 2.05) is 0 Å². The largest absolute Gasteiger partial charge is 0.399 e. The summed E-state index contributed by atoms with van der Waals surface area (Å²) in [6.07, 6.45) is 0. The molecule has 0 spiro atoms. The molecule has 2 N–H and O–H groups in total. The number of anilines is 2. The van der Waals surface area contributed by atoms with E-state index in [0.717, 1.165) is 13.1 Å². The van der Waals surface area contributed by atoms with E-state index in [4.69, 9.17) is 5.73 Å². The van der Waals surface area contributed by atoms with Gasteiger partial charge in [0.05, 0.1) is 5.69 Å². The molecule has 94 valence electrons. The summed E-state index contributed by atoms with van der Waals surface area (Å²) in [6, 6.07) is 5.68. The van der Waals surface area contributed by atoms with Gasteiger partial charge in [0.25, 0.3) is 0 Å². The van der Waals surface area contributed by atoms with Gasteiger partial charge in [0.1, 0.15) is 5.82 Å². The molecular weight excluding hydrogens is 217 g/mol. The Morgan fingerprint density at radius 3 is 2.59 bits per heavy atom. The number of benzene rings is 1. The first-order valence-electron chi connectivity index (χ1n) is 6.01. The van der Waals surface area contributed by atoms with Crippen LogP contribution in [0.15, 0.2) is 18.2 Å². The lowest BCUT2D eigenvalue weighted by Crippen LogP contribution is -2.55. The number of nitrogens with two attached hydrogens (primary N) is 1. The molecule has 1 aliphatic rings. The summed E-state index contributed by atoms with van der Waals surface area (Å²) in [5.74, 6) is -0.228. The second-order valence-electron chi connectivity index (χ2n) is 5.00. The Morgan fingerprint density at radius 2 is 1.94 bits per heavy atom. The van der Waals surface area contributed by atoms with Crippen LogP contribution in [-0.4, -0.2) is 37.1 Å². The van der Waals surface area contributed by atoms with Crippen LogP contribution in [0.1, 0.15) is 13.8 Å². The van der Waals surface area contributed by atoms with E-state index in [-0.39, 0.29) is 5.82 Å². The number of rotatable bonds is 1. The van der Waals surface area contributed by atoms with Gasteiger partial charge in [-0.05, 0) is 39.1 Å². The van der Waals surface area contributed by atoms with Gasteiger partial charge in [-0.2, -0.15) is 0 Å². The van der Waals surface area contributed by atoms with Crippen molar-refractivity contribution in [2.75, 3.05) is 30.8 Å². The Kier molecular flexibility index (Phi) is 3.24. The van der Waals surface area contributed by atoms with Crippen LogP contribution in [0.4, 0.5) is 15.8 Å². The highest BCUT2D eigenvalue weighted by Gasteiger charge is 2.28. The lowest BCUT2D eigenvalue weighted by molar-refractivity contribution is 0.205. The first-order chi connectivity index (χ1) is 7.99. The van der Waals surface area contributed by atoms with Crippen molar-refractivity contribution in [3.63, 3.8) is 0 Å². The van der Waals surface area contributed by atoms with Crippen molar-refractivity contribution in [3.05, 3.63) is 24.0 Å². The molecule has 0 saturated carbocycles. The van der Waals surface area contributed by atoms with Crippen LogP contribution in [0.3, 0.4) is 0 Å². The van der Waals surface area contributed by atoms with Gasteiger partial charge in [0, 0.05) is 30.9 Å². The minimum absolute atomic E-state index is 0.228.